The van der Waals surface area contributed by atoms with Crippen molar-refractivity contribution in [2.45, 2.75) is 51.1 Å². The van der Waals surface area contributed by atoms with Gasteiger partial charge in [0.15, 0.2) is 11.5 Å². The first kappa shape index (κ1) is 17.6. The molecule has 1 aromatic carbocycles. The average molecular weight is 367 g/mol. The van der Waals surface area contributed by atoms with E-state index in [0.717, 1.165) is 35.6 Å². The Kier molecular flexibility index (Phi) is 5.42. The number of rotatable bonds is 5. The van der Waals surface area contributed by atoms with Gasteiger partial charge in [-0.2, -0.15) is 0 Å². The average Bonchev–Trinajstić information content (AvgIpc) is 3.02. The molecule has 2 N–H and O–H groups in total. The fourth-order valence-corrected chi connectivity index (χ4v) is 3.57. The second-order valence-electron chi connectivity index (χ2n) is 7.14. The lowest BCUT2D eigenvalue weighted by Crippen LogP contribution is -2.34. The van der Waals surface area contributed by atoms with Crippen LogP contribution in [0.2, 0.25) is 0 Å². The van der Waals surface area contributed by atoms with E-state index >= 15 is 0 Å². The highest BCUT2D eigenvalue weighted by atomic mass is 16.7. The van der Waals surface area contributed by atoms with Gasteiger partial charge in [0, 0.05) is 12.6 Å². The van der Waals surface area contributed by atoms with E-state index in [4.69, 9.17) is 9.47 Å². The molecule has 27 heavy (non-hydrogen) atoms. The van der Waals surface area contributed by atoms with Gasteiger partial charge in [-0.15, -0.1) is 0 Å². The Labute approximate surface area is 159 Å². The van der Waals surface area contributed by atoms with E-state index in [0.29, 0.717) is 12.2 Å². The van der Waals surface area contributed by atoms with Crippen LogP contribution in [0.1, 0.15) is 54.6 Å². The molecule has 6 heteroatoms. The highest BCUT2D eigenvalue weighted by Crippen LogP contribution is 2.32. The molecule has 142 valence electrons. The molecule has 1 aliphatic carbocycles. The molecule has 0 radical (unpaired) electrons. The van der Waals surface area contributed by atoms with Gasteiger partial charge in [0.25, 0.3) is 5.91 Å². The van der Waals surface area contributed by atoms with Crippen molar-refractivity contribution >= 4 is 11.6 Å². The third-order valence-corrected chi connectivity index (χ3v) is 5.12. The molecule has 0 spiro atoms. The lowest BCUT2D eigenvalue weighted by molar-refractivity contribution is 0.0928. The number of benzene rings is 1. The highest BCUT2D eigenvalue weighted by Gasteiger charge is 2.16. The molecule has 2 aromatic rings. The number of hydrogen-bond donors (Lipinski definition) is 2. The zero-order valence-corrected chi connectivity index (χ0v) is 15.4. The lowest BCUT2D eigenvalue weighted by atomic mass is 10.1. The molecule has 1 amide bonds. The molecule has 4 rings (SSSR count). The van der Waals surface area contributed by atoms with Crippen molar-refractivity contribution in [1.29, 1.82) is 0 Å². The van der Waals surface area contributed by atoms with Crippen molar-refractivity contribution in [1.82, 2.24) is 10.3 Å². The predicted molar refractivity (Wildman–Crippen MR) is 103 cm³/mol. The maximum absolute atomic E-state index is 12.4. The maximum Gasteiger partial charge on any atom is 0.270 e. The molecule has 0 bridgehead atoms. The van der Waals surface area contributed by atoms with Gasteiger partial charge in [-0.05, 0) is 42.7 Å². The molecular weight excluding hydrogens is 342 g/mol. The van der Waals surface area contributed by atoms with E-state index < -0.39 is 0 Å². The molecule has 0 unspecified atom stereocenters. The summed E-state index contributed by atoms with van der Waals surface area (Å²) in [5, 5.41) is 6.45. The third-order valence-electron chi connectivity index (χ3n) is 5.12. The van der Waals surface area contributed by atoms with Crippen LogP contribution in [0.5, 0.6) is 11.5 Å². The van der Waals surface area contributed by atoms with Gasteiger partial charge in [0.05, 0.1) is 11.9 Å². The second-order valence-corrected chi connectivity index (χ2v) is 7.14. The SMILES string of the molecule is O=C(NC1CCCCCC1)c1ccc(NCc2ccc3c(c2)OCO3)cn1. The highest BCUT2D eigenvalue weighted by molar-refractivity contribution is 5.92. The van der Waals surface area contributed by atoms with E-state index in [1.54, 1.807) is 12.3 Å². The quantitative estimate of drug-likeness (QED) is 0.785. The van der Waals surface area contributed by atoms with Gasteiger partial charge < -0.3 is 20.1 Å². The summed E-state index contributed by atoms with van der Waals surface area (Å²) in [7, 11) is 0. The molecule has 0 atom stereocenters. The summed E-state index contributed by atoms with van der Waals surface area (Å²) in [5.41, 5.74) is 2.43. The first-order chi connectivity index (χ1) is 13.3. The second kappa shape index (κ2) is 8.29. The van der Waals surface area contributed by atoms with Gasteiger partial charge in [-0.25, -0.2) is 4.98 Å². The van der Waals surface area contributed by atoms with Gasteiger partial charge in [-0.3, -0.25) is 4.79 Å². The number of nitrogens with zero attached hydrogens (tertiary/aromatic N) is 1. The van der Waals surface area contributed by atoms with Crippen molar-refractivity contribution in [2.75, 3.05) is 12.1 Å². The van der Waals surface area contributed by atoms with E-state index in [-0.39, 0.29) is 18.7 Å². The van der Waals surface area contributed by atoms with Crippen molar-refractivity contribution < 1.29 is 14.3 Å². The van der Waals surface area contributed by atoms with Crippen LogP contribution in [0.15, 0.2) is 36.5 Å². The summed E-state index contributed by atoms with van der Waals surface area (Å²) in [5.74, 6) is 1.48. The van der Waals surface area contributed by atoms with Crippen LogP contribution in [-0.4, -0.2) is 23.7 Å². The Balaban J connectivity index is 1.31. The fourth-order valence-electron chi connectivity index (χ4n) is 3.57. The summed E-state index contributed by atoms with van der Waals surface area (Å²) < 4.78 is 10.7. The van der Waals surface area contributed by atoms with Gasteiger partial charge in [0.2, 0.25) is 6.79 Å². The number of aromatic nitrogens is 1. The summed E-state index contributed by atoms with van der Waals surface area (Å²) in [4.78, 5) is 16.7. The Morgan fingerprint density at radius 2 is 1.85 bits per heavy atom. The Morgan fingerprint density at radius 1 is 1.04 bits per heavy atom. The fraction of sp³-hybridized carbons (Fsp3) is 0.429. The van der Waals surface area contributed by atoms with Crippen LogP contribution in [0.25, 0.3) is 0 Å². The molecule has 1 saturated carbocycles. The molecule has 1 aliphatic heterocycles. The first-order valence-corrected chi connectivity index (χ1v) is 9.67. The number of ether oxygens (including phenoxy) is 2. The van der Waals surface area contributed by atoms with Crippen molar-refractivity contribution in [3.63, 3.8) is 0 Å². The number of nitrogens with one attached hydrogen (secondary N) is 2. The van der Waals surface area contributed by atoms with Crippen molar-refractivity contribution in [2.24, 2.45) is 0 Å². The Hall–Kier alpha value is -2.76. The zero-order chi connectivity index (χ0) is 18.5. The normalized spacial score (nSPS) is 16.6. The molecule has 0 saturated heterocycles. The van der Waals surface area contributed by atoms with Crippen molar-refractivity contribution in [3.05, 3.63) is 47.8 Å². The third kappa shape index (κ3) is 4.51. The molecule has 6 nitrogen and oxygen atoms in total. The number of hydrogen-bond acceptors (Lipinski definition) is 5. The minimum atomic E-state index is -0.0794. The van der Waals surface area contributed by atoms with Crippen molar-refractivity contribution in [3.8, 4) is 11.5 Å². The van der Waals surface area contributed by atoms with Gasteiger partial charge >= 0.3 is 0 Å². The summed E-state index contributed by atoms with van der Waals surface area (Å²) >= 11 is 0. The largest absolute Gasteiger partial charge is 0.454 e. The van der Waals surface area contributed by atoms with Crippen LogP contribution >= 0.6 is 0 Å². The summed E-state index contributed by atoms with van der Waals surface area (Å²) in [6.45, 7) is 0.923. The van der Waals surface area contributed by atoms with Crippen LogP contribution in [0, 0.1) is 0 Å². The topological polar surface area (TPSA) is 72.5 Å². The lowest BCUT2D eigenvalue weighted by Gasteiger charge is -2.16. The van der Waals surface area contributed by atoms with E-state index in [9.17, 15) is 4.79 Å². The summed E-state index contributed by atoms with van der Waals surface area (Å²) in [6.07, 6.45) is 8.78. The van der Waals surface area contributed by atoms with Crippen LogP contribution in [0.4, 0.5) is 5.69 Å². The molecule has 1 aromatic heterocycles. The number of anilines is 1. The standard InChI is InChI=1S/C21H25N3O3/c25-21(24-16-5-3-1-2-4-6-16)18-9-8-17(13-23-18)22-12-15-7-10-19-20(11-15)27-14-26-19/h7-11,13,16,22H,1-6,12,14H2,(H,24,25). The van der Waals surface area contributed by atoms with Crippen LogP contribution in [-0.2, 0) is 6.54 Å². The minimum Gasteiger partial charge on any atom is -0.454 e. The number of carbonyl (C=O) groups is 1. The van der Waals surface area contributed by atoms with E-state index in [2.05, 4.69) is 15.6 Å². The Bertz CT molecular complexity index is 784. The zero-order valence-electron chi connectivity index (χ0n) is 15.4. The molecule has 1 fully saturated rings. The smallest absolute Gasteiger partial charge is 0.270 e. The van der Waals surface area contributed by atoms with Crippen LogP contribution < -0.4 is 20.1 Å². The van der Waals surface area contributed by atoms with Gasteiger partial charge in [-0.1, -0.05) is 31.7 Å². The van der Waals surface area contributed by atoms with Crippen LogP contribution in [0.3, 0.4) is 0 Å². The number of fused-ring (bicyclic) bond motifs is 1. The van der Waals surface area contributed by atoms with E-state index in [1.165, 1.54) is 25.7 Å². The molecule has 2 heterocycles. The number of carbonyl (C=O) groups excluding carboxylic acids is 1. The predicted octanol–water partition coefficient (Wildman–Crippen LogP) is 3.88. The first-order valence-electron chi connectivity index (χ1n) is 9.67. The number of pyridine rings is 1. The monoisotopic (exact) mass is 367 g/mol. The Morgan fingerprint density at radius 3 is 2.63 bits per heavy atom. The minimum absolute atomic E-state index is 0.0794. The molecule has 2 aliphatic rings. The van der Waals surface area contributed by atoms with Gasteiger partial charge in [0.1, 0.15) is 5.69 Å². The number of amides is 1. The summed E-state index contributed by atoms with van der Waals surface area (Å²) in [6, 6.07) is 9.83. The maximum atomic E-state index is 12.4. The van der Waals surface area contributed by atoms with E-state index in [1.807, 2.05) is 24.3 Å². The molecular formula is C21H25N3O3.